The molecular formula is C27H34N2O4S. The van der Waals surface area contributed by atoms with E-state index in [0.29, 0.717) is 34.7 Å². The molecule has 1 aromatic carbocycles. The van der Waals surface area contributed by atoms with Crippen LogP contribution in [0.3, 0.4) is 0 Å². The minimum Gasteiger partial charge on any atom is -0.515 e. The highest BCUT2D eigenvalue weighted by molar-refractivity contribution is 7.15. The Morgan fingerprint density at radius 1 is 1.35 bits per heavy atom. The largest absolute Gasteiger partial charge is 0.515 e. The summed E-state index contributed by atoms with van der Waals surface area (Å²) in [6.07, 6.45) is 8.06. The Kier molecular flexibility index (Phi) is 7.12. The number of thiazole rings is 1. The fourth-order valence-corrected chi connectivity index (χ4v) is 7.17. The predicted octanol–water partition coefficient (Wildman–Crippen LogP) is 5.92. The third-order valence-corrected chi connectivity index (χ3v) is 8.78. The number of hydrogen-bond acceptors (Lipinski definition) is 6. The van der Waals surface area contributed by atoms with E-state index in [-0.39, 0.29) is 29.6 Å². The van der Waals surface area contributed by atoms with Crippen molar-refractivity contribution in [3.63, 3.8) is 0 Å². The van der Waals surface area contributed by atoms with Crippen LogP contribution in [0.1, 0.15) is 67.9 Å². The number of aliphatic hydroxyl groups is 1. The summed E-state index contributed by atoms with van der Waals surface area (Å²) in [6, 6.07) is 5.70. The summed E-state index contributed by atoms with van der Waals surface area (Å²) in [5.74, 6) is 0.793. The van der Waals surface area contributed by atoms with Crippen molar-refractivity contribution >= 4 is 28.7 Å². The SMILES string of the molecule is Cc1cnc(NC(=O)CC[C@H](C(C=O)=CO)C2C3CCc4cc(O)ccc4C3CCC2(C)C)s1. The molecule has 2 aliphatic rings. The van der Waals surface area contributed by atoms with E-state index >= 15 is 0 Å². The van der Waals surface area contributed by atoms with Crippen LogP contribution >= 0.6 is 11.3 Å². The highest BCUT2D eigenvalue weighted by atomic mass is 32.1. The molecule has 1 fully saturated rings. The van der Waals surface area contributed by atoms with Crippen LogP contribution in [0.15, 0.2) is 36.2 Å². The average molecular weight is 483 g/mol. The Morgan fingerprint density at radius 2 is 2.15 bits per heavy atom. The molecule has 4 atom stereocenters. The number of aryl methyl sites for hydroxylation is 2. The monoisotopic (exact) mass is 482 g/mol. The number of aromatic nitrogens is 1. The van der Waals surface area contributed by atoms with Crippen molar-refractivity contribution in [2.45, 2.75) is 65.2 Å². The molecular weight excluding hydrogens is 448 g/mol. The van der Waals surface area contributed by atoms with Crippen LogP contribution in [0, 0.1) is 30.1 Å². The second-order valence-corrected chi connectivity index (χ2v) is 11.7. The first-order chi connectivity index (χ1) is 16.2. The number of rotatable bonds is 7. The zero-order valence-corrected chi connectivity index (χ0v) is 20.9. The minimum atomic E-state index is -0.215. The second-order valence-electron chi connectivity index (χ2n) is 10.5. The molecule has 1 amide bonds. The van der Waals surface area contributed by atoms with Gasteiger partial charge in [0.1, 0.15) is 12.0 Å². The van der Waals surface area contributed by atoms with Gasteiger partial charge < -0.3 is 15.5 Å². The molecule has 182 valence electrons. The van der Waals surface area contributed by atoms with Crippen LogP contribution in [-0.2, 0) is 16.0 Å². The Bertz CT molecular complexity index is 1090. The summed E-state index contributed by atoms with van der Waals surface area (Å²) in [6.45, 7) is 6.45. The van der Waals surface area contributed by atoms with E-state index in [1.165, 1.54) is 22.5 Å². The van der Waals surface area contributed by atoms with Crippen molar-refractivity contribution in [1.82, 2.24) is 4.98 Å². The molecule has 3 N–H and O–H groups in total. The van der Waals surface area contributed by atoms with Gasteiger partial charge in [-0.2, -0.15) is 0 Å². The number of aromatic hydroxyl groups is 1. The lowest BCUT2D eigenvalue weighted by atomic mass is 9.51. The maximum Gasteiger partial charge on any atom is 0.226 e. The van der Waals surface area contributed by atoms with E-state index in [1.54, 1.807) is 12.3 Å². The van der Waals surface area contributed by atoms with Crippen LogP contribution in [0.4, 0.5) is 5.13 Å². The molecule has 1 aromatic heterocycles. The van der Waals surface area contributed by atoms with Gasteiger partial charge >= 0.3 is 0 Å². The third-order valence-electron chi connectivity index (χ3n) is 7.95. The lowest BCUT2D eigenvalue weighted by molar-refractivity contribution is -0.117. The van der Waals surface area contributed by atoms with Gasteiger partial charge in [-0.1, -0.05) is 19.9 Å². The highest BCUT2D eigenvalue weighted by Crippen LogP contribution is 2.58. The number of phenols is 1. The highest BCUT2D eigenvalue weighted by Gasteiger charge is 2.49. The number of hydrogen-bond donors (Lipinski definition) is 3. The summed E-state index contributed by atoms with van der Waals surface area (Å²) >= 11 is 1.43. The first-order valence-corrected chi connectivity index (χ1v) is 12.9. The Balaban J connectivity index is 1.60. The van der Waals surface area contributed by atoms with Gasteiger partial charge in [0.25, 0.3) is 0 Å². The van der Waals surface area contributed by atoms with Gasteiger partial charge in [-0.25, -0.2) is 4.98 Å². The molecule has 0 aliphatic heterocycles. The summed E-state index contributed by atoms with van der Waals surface area (Å²) in [4.78, 5) is 29.9. The van der Waals surface area contributed by atoms with Crippen molar-refractivity contribution in [1.29, 1.82) is 0 Å². The number of aliphatic hydroxyl groups excluding tert-OH is 1. The first kappa shape index (κ1) is 24.5. The van der Waals surface area contributed by atoms with Gasteiger partial charge in [-0.15, -0.1) is 11.3 Å². The molecule has 1 saturated carbocycles. The van der Waals surface area contributed by atoms with Crippen LogP contribution in [0.5, 0.6) is 5.75 Å². The zero-order chi connectivity index (χ0) is 24.5. The van der Waals surface area contributed by atoms with Crippen molar-refractivity contribution in [3.8, 4) is 5.75 Å². The smallest absolute Gasteiger partial charge is 0.226 e. The van der Waals surface area contributed by atoms with E-state index in [9.17, 15) is 19.8 Å². The van der Waals surface area contributed by atoms with Gasteiger partial charge in [0.2, 0.25) is 5.91 Å². The van der Waals surface area contributed by atoms with E-state index in [2.05, 4.69) is 30.2 Å². The van der Waals surface area contributed by atoms with E-state index in [0.717, 1.165) is 43.1 Å². The molecule has 0 bridgehead atoms. The maximum atomic E-state index is 12.7. The first-order valence-electron chi connectivity index (χ1n) is 12.1. The number of carbonyl (C=O) groups is 2. The quantitative estimate of drug-likeness (QED) is 0.259. The Hall–Kier alpha value is -2.67. The summed E-state index contributed by atoms with van der Waals surface area (Å²) in [5, 5.41) is 23.4. The number of nitrogens with one attached hydrogen (secondary N) is 1. The standard InChI is InChI=1S/C27H34N2O4S/c1-16-13-28-26(34-16)29-24(33)9-8-21(18(14-30)15-31)25-23-6-4-17-12-19(32)5-7-20(17)22(23)10-11-27(25,2)3/h5,7,12-15,21-23,25,30,32H,4,6,8-11H2,1-3H3,(H,28,29,33)/t21-,22?,23?,25?/m1/s1. The van der Waals surface area contributed by atoms with Gasteiger partial charge in [0.05, 0.1) is 6.26 Å². The van der Waals surface area contributed by atoms with E-state index < -0.39 is 0 Å². The molecule has 6 nitrogen and oxygen atoms in total. The summed E-state index contributed by atoms with van der Waals surface area (Å²) in [7, 11) is 0. The molecule has 34 heavy (non-hydrogen) atoms. The molecule has 4 rings (SSSR count). The van der Waals surface area contributed by atoms with Crippen LogP contribution in [0.2, 0.25) is 0 Å². The molecule has 0 saturated heterocycles. The molecule has 0 radical (unpaired) electrons. The van der Waals surface area contributed by atoms with Crippen molar-refractivity contribution < 1.29 is 19.8 Å². The van der Waals surface area contributed by atoms with Crippen LogP contribution in [0.25, 0.3) is 0 Å². The average Bonchev–Trinajstić information content (AvgIpc) is 3.20. The van der Waals surface area contributed by atoms with Gasteiger partial charge in [0, 0.05) is 23.1 Å². The van der Waals surface area contributed by atoms with Gasteiger partial charge in [0.15, 0.2) is 5.13 Å². The zero-order valence-electron chi connectivity index (χ0n) is 20.1. The van der Waals surface area contributed by atoms with Crippen molar-refractivity contribution in [2.24, 2.45) is 23.2 Å². The number of aldehydes is 1. The van der Waals surface area contributed by atoms with Crippen LogP contribution in [-0.4, -0.2) is 27.4 Å². The Labute approximate surface area is 205 Å². The number of carbonyl (C=O) groups excluding carboxylic acids is 2. The van der Waals surface area contributed by atoms with Crippen LogP contribution < -0.4 is 5.32 Å². The molecule has 2 aliphatic carbocycles. The number of allylic oxidation sites excluding steroid dienone is 1. The normalized spacial score (nSPS) is 24.6. The predicted molar refractivity (Wildman–Crippen MR) is 134 cm³/mol. The van der Waals surface area contributed by atoms with E-state index in [4.69, 9.17) is 0 Å². The Morgan fingerprint density at radius 3 is 2.82 bits per heavy atom. The summed E-state index contributed by atoms with van der Waals surface area (Å²) in [5.41, 5.74) is 2.84. The van der Waals surface area contributed by atoms with E-state index in [1.807, 2.05) is 13.0 Å². The summed E-state index contributed by atoms with van der Waals surface area (Å²) < 4.78 is 0. The fraction of sp³-hybridized carbons (Fsp3) is 0.519. The topological polar surface area (TPSA) is 99.5 Å². The molecule has 1 heterocycles. The van der Waals surface area contributed by atoms with Crippen molar-refractivity contribution in [3.05, 3.63) is 52.2 Å². The lowest BCUT2D eigenvalue weighted by Crippen LogP contribution is -2.45. The number of anilines is 1. The maximum absolute atomic E-state index is 12.7. The minimum absolute atomic E-state index is 0.0412. The van der Waals surface area contributed by atoms with Gasteiger partial charge in [-0.3, -0.25) is 9.59 Å². The molecule has 0 spiro atoms. The third kappa shape index (κ3) is 4.90. The number of nitrogens with zero attached hydrogens (tertiary/aromatic N) is 1. The number of amides is 1. The fourth-order valence-electron chi connectivity index (χ4n) is 6.49. The molecule has 3 unspecified atom stereocenters. The van der Waals surface area contributed by atoms with Crippen molar-refractivity contribution in [2.75, 3.05) is 5.32 Å². The molecule has 2 aromatic rings. The number of fused-ring (bicyclic) bond motifs is 3. The second kappa shape index (κ2) is 9.90. The molecule has 7 heteroatoms. The van der Waals surface area contributed by atoms with Gasteiger partial charge in [-0.05, 0) is 91.4 Å². The lowest BCUT2D eigenvalue weighted by Gasteiger charge is -2.53. The number of phenolic OH excluding ortho intramolecular Hbond substituents is 1. The number of benzene rings is 1.